The van der Waals surface area contributed by atoms with Gasteiger partial charge in [0.1, 0.15) is 28.3 Å². The minimum atomic E-state index is -4.19. The van der Waals surface area contributed by atoms with Gasteiger partial charge in [0.15, 0.2) is 6.61 Å². The largest absolute Gasteiger partial charge is 0.479 e. The third-order valence-electron chi connectivity index (χ3n) is 4.74. The quantitative estimate of drug-likeness (QED) is 0.752. The van der Waals surface area contributed by atoms with Crippen LogP contribution in [0.3, 0.4) is 0 Å². The van der Waals surface area contributed by atoms with E-state index in [0.29, 0.717) is 17.5 Å². The molecule has 158 valence electrons. The Morgan fingerprint density at radius 1 is 1.20 bits per heavy atom. The van der Waals surface area contributed by atoms with Crippen LogP contribution in [0, 0.1) is 28.9 Å². The van der Waals surface area contributed by atoms with Gasteiger partial charge in [0.05, 0.1) is 0 Å². The molecule has 0 unspecified atom stereocenters. The fourth-order valence-corrected chi connectivity index (χ4v) is 4.74. The number of hydrogen-bond acceptors (Lipinski definition) is 5. The van der Waals surface area contributed by atoms with Gasteiger partial charge in [-0.3, -0.25) is 4.79 Å². The summed E-state index contributed by atoms with van der Waals surface area (Å²) in [4.78, 5) is 11.8. The summed E-state index contributed by atoms with van der Waals surface area (Å²) in [6.45, 7) is -0.0837. The van der Waals surface area contributed by atoms with Crippen molar-refractivity contribution >= 4 is 21.6 Å². The summed E-state index contributed by atoms with van der Waals surface area (Å²) >= 11 is 0. The van der Waals surface area contributed by atoms with Gasteiger partial charge < -0.3 is 10.1 Å². The number of rotatable bonds is 6. The minimum Gasteiger partial charge on any atom is -0.479 e. The third-order valence-corrected chi connectivity index (χ3v) is 6.65. The number of carbonyl (C=O) groups is 1. The number of nitrogens with one attached hydrogen (secondary N) is 1. The van der Waals surface area contributed by atoms with Gasteiger partial charge in [-0.15, -0.1) is 0 Å². The van der Waals surface area contributed by atoms with Crippen LogP contribution in [0.25, 0.3) is 0 Å². The maximum absolute atomic E-state index is 13.9. The van der Waals surface area contributed by atoms with Gasteiger partial charge in [0, 0.05) is 30.8 Å². The van der Waals surface area contributed by atoms with Crippen molar-refractivity contribution in [2.45, 2.75) is 17.7 Å². The van der Waals surface area contributed by atoms with Crippen LogP contribution >= 0.6 is 0 Å². The highest BCUT2D eigenvalue weighted by Crippen LogP contribution is 2.27. The van der Waals surface area contributed by atoms with Crippen LogP contribution in [-0.4, -0.2) is 38.3 Å². The fourth-order valence-electron chi connectivity index (χ4n) is 3.20. The Morgan fingerprint density at radius 2 is 1.93 bits per heavy atom. The number of piperidine rings is 1. The first kappa shape index (κ1) is 21.7. The first-order valence-corrected chi connectivity index (χ1v) is 10.6. The number of hydrogen-bond donors (Lipinski definition) is 1. The van der Waals surface area contributed by atoms with Crippen LogP contribution in [-0.2, 0) is 14.8 Å². The lowest BCUT2D eigenvalue weighted by Gasteiger charge is -2.30. The van der Waals surface area contributed by atoms with Gasteiger partial charge in [0.25, 0.3) is 0 Å². The molecule has 7 nitrogen and oxygen atoms in total. The standard InChI is InChI=1S/C20H19F2N3O4S/c21-15-4-5-18(22)19(12-15)30(27,28)25-9-6-14(7-10-25)20(26)24-16-2-1-3-17(13-16)29-11-8-23/h1-5,12-14H,6-7,9-11H2,(H,24,26). The van der Waals surface area contributed by atoms with E-state index in [2.05, 4.69) is 5.32 Å². The van der Waals surface area contributed by atoms with Crippen LogP contribution < -0.4 is 10.1 Å². The van der Waals surface area contributed by atoms with Crippen molar-refractivity contribution in [3.05, 3.63) is 54.1 Å². The Kier molecular flexibility index (Phi) is 6.64. The highest BCUT2D eigenvalue weighted by Gasteiger charge is 2.33. The number of carbonyl (C=O) groups excluding carboxylic acids is 1. The van der Waals surface area contributed by atoms with Crippen molar-refractivity contribution < 1.29 is 26.7 Å². The lowest BCUT2D eigenvalue weighted by Crippen LogP contribution is -2.41. The number of sulfonamides is 1. The maximum atomic E-state index is 13.9. The highest BCUT2D eigenvalue weighted by atomic mass is 32.2. The molecular formula is C20H19F2N3O4S. The molecule has 2 aromatic rings. The molecule has 0 aromatic heterocycles. The lowest BCUT2D eigenvalue weighted by atomic mass is 9.97. The van der Waals surface area contributed by atoms with E-state index in [1.54, 1.807) is 24.3 Å². The second-order valence-electron chi connectivity index (χ2n) is 6.72. The smallest absolute Gasteiger partial charge is 0.246 e. The van der Waals surface area contributed by atoms with Crippen LogP contribution in [0.1, 0.15) is 12.8 Å². The molecule has 1 amide bonds. The van der Waals surface area contributed by atoms with E-state index in [0.717, 1.165) is 16.4 Å². The van der Waals surface area contributed by atoms with Gasteiger partial charge in [-0.05, 0) is 43.2 Å². The second kappa shape index (κ2) is 9.19. The molecule has 0 saturated carbocycles. The van der Waals surface area contributed by atoms with Crippen molar-refractivity contribution in [3.63, 3.8) is 0 Å². The van der Waals surface area contributed by atoms with Gasteiger partial charge >= 0.3 is 0 Å². The zero-order valence-electron chi connectivity index (χ0n) is 15.8. The Balaban J connectivity index is 1.62. The molecule has 0 aliphatic carbocycles. The van der Waals surface area contributed by atoms with Crippen LogP contribution in [0.5, 0.6) is 5.75 Å². The van der Waals surface area contributed by atoms with E-state index in [1.807, 2.05) is 6.07 Å². The average Bonchev–Trinajstić information content (AvgIpc) is 2.74. The Labute approximate surface area is 172 Å². The van der Waals surface area contributed by atoms with Gasteiger partial charge in [-0.2, -0.15) is 9.57 Å². The summed E-state index contributed by atoms with van der Waals surface area (Å²) in [6.07, 6.45) is 0.485. The summed E-state index contributed by atoms with van der Waals surface area (Å²) in [6, 6.07) is 10.7. The molecule has 1 N–H and O–H groups in total. The molecule has 1 fully saturated rings. The van der Waals surface area contributed by atoms with E-state index in [1.165, 1.54) is 0 Å². The van der Waals surface area contributed by atoms with Gasteiger partial charge in [0.2, 0.25) is 15.9 Å². The first-order valence-electron chi connectivity index (χ1n) is 9.17. The van der Waals surface area contributed by atoms with E-state index in [9.17, 15) is 22.0 Å². The van der Waals surface area contributed by atoms with Crippen molar-refractivity contribution in [1.82, 2.24) is 4.31 Å². The molecule has 1 saturated heterocycles. The SMILES string of the molecule is N#CCOc1cccc(NC(=O)C2CCN(S(=O)(=O)c3cc(F)ccc3F)CC2)c1. The molecule has 1 aliphatic heterocycles. The van der Waals surface area contributed by atoms with E-state index in [-0.39, 0.29) is 38.4 Å². The van der Waals surface area contributed by atoms with E-state index >= 15 is 0 Å². The summed E-state index contributed by atoms with van der Waals surface area (Å²) < 4.78 is 58.8. The van der Waals surface area contributed by atoms with Crippen LogP contribution in [0.4, 0.5) is 14.5 Å². The van der Waals surface area contributed by atoms with Crippen molar-refractivity contribution in [3.8, 4) is 11.8 Å². The number of halogens is 2. The summed E-state index contributed by atoms with van der Waals surface area (Å²) in [7, 11) is -4.19. The molecule has 2 aromatic carbocycles. The molecule has 0 atom stereocenters. The predicted octanol–water partition coefficient (Wildman–Crippen LogP) is 2.91. The van der Waals surface area contributed by atoms with Crippen molar-refractivity contribution in [1.29, 1.82) is 5.26 Å². The Morgan fingerprint density at radius 3 is 2.63 bits per heavy atom. The monoisotopic (exact) mass is 435 g/mol. The number of amides is 1. The third kappa shape index (κ3) is 4.93. The molecular weight excluding hydrogens is 416 g/mol. The van der Waals surface area contributed by atoms with Gasteiger partial charge in [-0.1, -0.05) is 6.07 Å². The normalized spacial score (nSPS) is 15.4. The zero-order valence-corrected chi connectivity index (χ0v) is 16.7. The van der Waals surface area contributed by atoms with Gasteiger partial charge in [-0.25, -0.2) is 17.2 Å². The first-order chi connectivity index (χ1) is 14.3. The number of nitrogens with zero attached hydrogens (tertiary/aromatic N) is 2. The molecule has 3 rings (SSSR count). The van der Waals surface area contributed by atoms with Crippen LogP contribution in [0.2, 0.25) is 0 Å². The minimum absolute atomic E-state index is 0.0156. The Hall–Kier alpha value is -3.03. The Bertz CT molecular complexity index is 1080. The van der Waals surface area contributed by atoms with E-state index in [4.69, 9.17) is 10.00 Å². The summed E-state index contributed by atoms with van der Waals surface area (Å²) in [5.41, 5.74) is 0.493. The van der Waals surface area contributed by atoms with Crippen LogP contribution in [0.15, 0.2) is 47.4 Å². The summed E-state index contributed by atoms with van der Waals surface area (Å²) in [5, 5.41) is 11.3. The highest BCUT2D eigenvalue weighted by molar-refractivity contribution is 7.89. The molecule has 0 radical (unpaired) electrons. The molecule has 10 heteroatoms. The van der Waals surface area contributed by atoms with E-state index < -0.39 is 32.5 Å². The molecule has 0 bridgehead atoms. The molecule has 1 heterocycles. The number of nitriles is 1. The number of anilines is 1. The van der Waals surface area contributed by atoms with Crippen molar-refractivity contribution in [2.24, 2.45) is 5.92 Å². The molecule has 30 heavy (non-hydrogen) atoms. The second-order valence-corrected chi connectivity index (χ2v) is 8.62. The molecule has 1 aliphatic rings. The summed E-state index contributed by atoms with van der Waals surface area (Å²) in [5.74, 6) is -2.13. The average molecular weight is 435 g/mol. The lowest BCUT2D eigenvalue weighted by molar-refractivity contribution is -0.120. The number of benzene rings is 2. The fraction of sp³-hybridized carbons (Fsp3) is 0.300. The van der Waals surface area contributed by atoms with Crippen molar-refractivity contribution in [2.75, 3.05) is 25.0 Å². The zero-order chi connectivity index (χ0) is 21.7. The topological polar surface area (TPSA) is 99.5 Å². The maximum Gasteiger partial charge on any atom is 0.246 e. The molecule has 0 spiro atoms. The number of ether oxygens (including phenoxy) is 1. The predicted molar refractivity (Wildman–Crippen MR) is 104 cm³/mol.